The molecule has 0 aliphatic heterocycles. The van der Waals surface area contributed by atoms with Crippen LogP contribution in [0.1, 0.15) is 16.1 Å². The molecule has 0 aliphatic rings. The Labute approximate surface area is 172 Å². The summed E-state index contributed by atoms with van der Waals surface area (Å²) in [5.74, 6) is -1.01. The maximum absolute atomic E-state index is 13.4. The SMILES string of the molecule is Cn1nc(-c2ccc(F)cc2)c(-c2ccncc2)c1C(=O)NCc1ccc(F)cc1. The zero-order valence-corrected chi connectivity index (χ0v) is 16.1. The lowest BCUT2D eigenvalue weighted by Gasteiger charge is -2.09. The fraction of sp³-hybridized carbons (Fsp3) is 0.0870. The Morgan fingerprint density at radius 1 is 0.900 bits per heavy atom. The number of rotatable bonds is 5. The number of amides is 1. The van der Waals surface area contributed by atoms with E-state index >= 15 is 0 Å². The predicted octanol–water partition coefficient (Wildman–Crippen LogP) is 4.36. The van der Waals surface area contributed by atoms with E-state index in [0.717, 1.165) is 11.1 Å². The van der Waals surface area contributed by atoms with Crippen LogP contribution in [0, 0.1) is 11.6 Å². The fourth-order valence-electron chi connectivity index (χ4n) is 3.25. The van der Waals surface area contributed by atoms with E-state index in [2.05, 4.69) is 15.4 Å². The number of benzene rings is 2. The first-order valence-corrected chi connectivity index (χ1v) is 9.29. The Morgan fingerprint density at radius 2 is 1.50 bits per heavy atom. The predicted molar refractivity (Wildman–Crippen MR) is 109 cm³/mol. The van der Waals surface area contributed by atoms with Gasteiger partial charge in [0, 0.05) is 37.1 Å². The van der Waals surface area contributed by atoms with Crippen molar-refractivity contribution in [1.29, 1.82) is 0 Å². The van der Waals surface area contributed by atoms with Gasteiger partial charge in [0.2, 0.25) is 0 Å². The van der Waals surface area contributed by atoms with Crippen LogP contribution in [0.5, 0.6) is 0 Å². The molecule has 0 saturated carbocycles. The van der Waals surface area contributed by atoms with Crippen molar-refractivity contribution in [3.05, 3.63) is 95.9 Å². The van der Waals surface area contributed by atoms with Crippen LogP contribution in [0.15, 0.2) is 73.1 Å². The van der Waals surface area contributed by atoms with Gasteiger partial charge >= 0.3 is 0 Å². The maximum atomic E-state index is 13.4. The molecule has 4 aromatic rings. The molecule has 0 fully saturated rings. The number of hydrogen-bond acceptors (Lipinski definition) is 3. The Morgan fingerprint density at radius 3 is 2.13 bits per heavy atom. The first-order valence-electron chi connectivity index (χ1n) is 9.29. The van der Waals surface area contributed by atoms with Gasteiger partial charge in [-0.3, -0.25) is 14.5 Å². The summed E-state index contributed by atoms with van der Waals surface area (Å²) in [6.45, 7) is 0.242. The topological polar surface area (TPSA) is 59.8 Å². The summed E-state index contributed by atoms with van der Waals surface area (Å²) >= 11 is 0. The maximum Gasteiger partial charge on any atom is 0.270 e. The van der Waals surface area contributed by atoms with Gasteiger partial charge in [0.25, 0.3) is 5.91 Å². The molecule has 2 heterocycles. The van der Waals surface area contributed by atoms with Crippen LogP contribution in [0.4, 0.5) is 8.78 Å². The van der Waals surface area contributed by atoms with Gasteiger partial charge in [0.15, 0.2) is 0 Å². The standard InChI is InChI=1S/C23H18F2N4O/c1-29-22(23(30)27-14-15-2-6-18(24)7-3-15)20(16-10-12-26-13-11-16)21(28-29)17-4-8-19(25)9-5-17/h2-13H,14H2,1H3,(H,27,30). The van der Waals surface area contributed by atoms with E-state index in [1.807, 2.05) is 0 Å². The van der Waals surface area contributed by atoms with Gasteiger partial charge < -0.3 is 5.32 Å². The van der Waals surface area contributed by atoms with Gasteiger partial charge in [0.05, 0.1) is 0 Å². The number of aryl methyl sites for hydroxylation is 1. The van der Waals surface area contributed by atoms with Crippen molar-refractivity contribution in [2.75, 3.05) is 0 Å². The number of halogens is 2. The molecule has 0 atom stereocenters. The number of carbonyl (C=O) groups is 1. The van der Waals surface area contributed by atoms with Gasteiger partial charge in [-0.25, -0.2) is 8.78 Å². The summed E-state index contributed by atoms with van der Waals surface area (Å²) in [7, 11) is 1.69. The number of carbonyl (C=O) groups excluding carboxylic acids is 1. The van der Waals surface area contributed by atoms with E-state index in [1.54, 1.807) is 55.8 Å². The molecule has 4 rings (SSSR count). The molecule has 0 radical (unpaired) electrons. The van der Waals surface area contributed by atoms with E-state index in [9.17, 15) is 13.6 Å². The first kappa shape index (κ1) is 19.4. The lowest BCUT2D eigenvalue weighted by Crippen LogP contribution is -2.25. The van der Waals surface area contributed by atoms with E-state index in [-0.39, 0.29) is 24.1 Å². The van der Waals surface area contributed by atoms with Crippen LogP contribution < -0.4 is 5.32 Å². The summed E-state index contributed by atoms with van der Waals surface area (Å²) in [5.41, 5.74) is 3.79. The Kier molecular flexibility index (Phi) is 5.34. The van der Waals surface area contributed by atoms with Gasteiger partial charge in [0.1, 0.15) is 23.0 Å². The number of nitrogens with one attached hydrogen (secondary N) is 1. The second-order valence-electron chi connectivity index (χ2n) is 6.75. The van der Waals surface area contributed by atoms with E-state index < -0.39 is 0 Å². The highest BCUT2D eigenvalue weighted by Crippen LogP contribution is 2.34. The summed E-state index contributed by atoms with van der Waals surface area (Å²) < 4.78 is 28.0. The van der Waals surface area contributed by atoms with Crippen molar-refractivity contribution in [1.82, 2.24) is 20.1 Å². The van der Waals surface area contributed by atoms with Gasteiger partial charge in [-0.2, -0.15) is 5.10 Å². The fourth-order valence-corrected chi connectivity index (χ4v) is 3.25. The molecule has 5 nitrogen and oxygen atoms in total. The quantitative estimate of drug-likeness (QED) is 0.538. The van der Waals surface area contributed by atoms with Crippen LogP contribution in [-0.2, 0) is 13.6 Å². The third-order valence-electron chi connectivity index (χ3n) is 4.72. The van der Waals surface area contributed by atoms with Gasteiger partial charge in [-0.05, 0) is 59.7 Å². The highest BCUT2D eigenvalue weighted by Gasteiger charge is 2.24. The van der Waals surface area contributed by atoms with Crippen LogP contribution in [0.3, 0.4) is 0 Å². The van der Waals surface area contributed by atoms with Crippen molar-refractivity contribution in [2.24, 2.45) is 7.05 Å². The van der Waals surface area contributed by atoms with Crippen LogP contribution in [0.2, 0.25) is 0 Å². The molecular weight excluding hydrogens is 386 g/mol. The van der Waals surface area contributed by atoms with Crippen LogP contribution in [-0.4, -0.2) is 20.7 Å². The average molecular weight is 404 g/mol. The molecule has 2 aromatic carbocycles. The minimum atomic E-state index is -0.350. The largest absolute Gasteiger partial charge is 0.347 e. The number of aromatic nitrogens is 3. The summed E-state index contributed by atoms with van der Waals surface area (Å²) in [4.78, 5) is 17.1. The molecule has 1 amide bonds. The van der Waals surface area contributed by atoms with Crippen LogP contribution >= 0.6 is 0 Å². The molecule has 0 unspecified atom stereocenters. The number of nitrogens with zero attached hydrogens (tertiary/aromatic N) is 3. The minimum absolute atomic E-state index is 0.242. The molecule has 7 heteroatoms. The molecule has 0 bridgehead atoms. The normalized spacial score (nSPS) is 10.8. The van der Waals surface area contributed by atoms with E-state index in [0.29, 0.717) is 22.5 Å². The first-order chi connectivity index (χ1) is 14.5. The second kappa shape index (κ2) is 8.24. The monoisotopic (exact) mass is 404 g/mol. The summed E-state index contributed by atoms with van der Waals surface area (Å²) in [6, 6.07) is 15.5. The average Bonchev–Trinajstić information content (AvgIpc) is 3.11. The van der Waals surface area contributed by atoms with E-state index in [1.165, 1.54) is 28.9 Å². The Bertz CT molecular complexity index is 1170. The zero-order chi connectivity index (χ0) is 21.1. The molecular formula is C23H18F2N4O. The Balaban J connectivity index is 1.74. The van der Waals surface area contributed by atoms with Crippen molar-refractivity contribution >= 4 is 5.91 Å². The van der Waals surface area contributed by atoms with Crippen molar-refractivity contribution in [2.45, 2.75) is 6.54 Å². The highest BCUT2D eigenvalue weighted by atomic mass is 19.1. The third-order valence-corrected chi connectivity index (χ3v) is 4.72. The smallest absolute Gasteiger partial charge is 0.270 e. The van der Waals surface area contributed by atoms with Crippen molar-refractivity contribution in [3.63, 3.8) is 0 Å². The second-order valence-corrected chi connectivity index (χ2v) is 6.75. The van der Waals surface area contributed by atoms with Crippen LogP contribution in [0.25, 0.3) is 22.4 Å². The summed E-state index contributed by atoms with van der Waals surface area (Å²) in [5, 5.41) is 7.40. The minimum Gasteiger partial charge on any atom is -0.347 e. The molecule has 150 valence electrons. The molecule has 0 aliphatic carbocycles. The molecule has 1 N–H and O–H groups in total. The molecule has 30 heavy (non-hydrogen) atoms. The third kappa shape index (κ3) is 3.96. The van der Waals surface area contributed by atoms with E-state index in [4.69, 9.17) is 0 Å². The Hall–Kier alpha value is -3.87. The lowest BCUT2D eigenvalue weighted by molar-refractivity contribution is 0.0942. The molecule has 0 saturated heterocycles. The van der Waals surface area contributed by atoms with Crippen molar-refractivity contribution in [3.8, 4) is 22.4 Å². The molecule has 2 aromatic heterocycles. The lowest BCUT2D eigenvalue weighted by atomic mass is 9.99. The summed E-state index contributed by atoms with van der Waals surface area (Å²) in [6.07, 6.45) is 3.27. The zero-order valence-electron chi connectivity index (χ0n) is 16.1. The number of pyridine rings is 1. The highest BCUT2D eigenvalue weighted by molar-refractivity contribution is 6.03. The van der Waals surface area contributed by atoms with Gasteiger partial charge in [-0.1, -0.05) is 12.1 Å². The van der Waals surface area contributed by atoms with Gasteiger partial charge in [-0.15, -0.1) is 0 Å². The van der Waals surface area contributed by atoms with Crippen molar-refractivity contribution < 1.29 is 13.6 Å². The molecule has 0 spiro atoms. The number of hydrogen-bond donors (Lipinski definition) is 1.